The van der Waals surface area contributed by atoms with Crippen molar-refractivity contribution < 1.29 is 9.13 Å². The van der Waals surface area contributed by atoms with E-state index in [0.717, 1.165) is 47.7 Å². The van der Waals surface area contributed by atoms with Crippen LogP contribution in [0.15, 0.2) is 53.7 Å². The molecule has 5 rings (SSSR count). The zero-order valence-corrected chi connectivity index (χ0v) is 16.6. The molecule has 29 heavy (non-hydrogen) atoms. The number of hydrogen-bond donors (Lipinski definition) is 0. The van der Waals surface area contributed by atoms with Crippen molar-refractivity contribution in [3.63, 3.8) is 0 Å². The number of pyridine rings is 1. The van der Waals surface area contributed by atoms with Crippen molar-refractivity contribution in [1.82, 2.24) is 4.98 Å². The predicted octanol–water partition coefficient (Wildman–Crippen LogP) is 5.77. The highest BCUT2D eigenvalue weighted by molar-refractivity contribution is 5.81. The number of aliphatic imine (C=N–C) groups is 1. The smallest absolute Gasteiger partial charge is 0.187 e. The second-order valence-corrected chi connectivity index (χ2v) is 8.54. The van der Waals surface area contributed by atoms with E-state index in [1.165, 1.54) is 38.2 Å². The maximum Gasteiger partial charge on any atom is 0.187 e. The number of fused-ring (bicyclic) bond motifs is 1. The number of nitrogens with zero attached hydrogens (tertiary/aromatic N) is 2. The average molecular weight is 391 g/mol. The maximum absolute atomic E-state index is 13.5. The van der Waals surface area contributed by atoms with Gasteiger partial charge in [-0.25, -0.2) is 4.39 Å². The minimum atomic E-state index is -0.224. The fraction of sp³-hybridized carbons (Fsp3) is 0.440. The molecule has 4 atom stereocenters. The van der Waals surface area contributed by atoms with Gasteiger partial charge in [-0.05, 0) is 60.4 Å². The van der Waals surface area contributed by atoms with Gasteiger partial charge in [0.2, 0.25) is 0 Å². The molecule has 0 unspecified atom stereocenters. The Labute approximate surface area is 171 Å². The molecule has 2 saturated carbocycles. The van der Waals surface area contributed by atoms with Crippen LogP contribution in [0.3, 0.4) is 0 Å². The first kappa shape index (κ1) is 18.5. The molecule has 0 radical (unpaired) electrons. The molecular formula is C25H27FN2O. The van der Waals surface area contributed by atoms with Crippen LogP contribution in [0.5, 0.6) is 0 Å². The van der Waals surface area contributed by atoms with E-state index in [1.54, 1.807) is 12.1 Å². The van der Waals surface area contributed by atoms with Crippen LogP contribution in [0.4, 0.5) is 4.39 Å². The molecule has 4 heteroatoms. The number of ether oxygens (including phenoxy) is 1. The van der Waals surface area contributed by atoms with Crippen LogP contribution in [0.1, 0.15) is 37.8 Å². The van der Waals surface area contributed by atoms with Gasteiger partial charge < -0.3 is 4.74 Å². The fourth-order valence-corrected chi connectivity index (χ4v) is 5.49. The molecule has 0 saturated heterocycles. The monoisotopic (exact) mass is 390 g/mol. The summed E-state index contributed by atoms with van der Waals surface area (Å²) >= 11 is 0. The molecule has 2 heterocycles. The Morgan fingerprint density at radius 1 is 1.07 bits per heavy atom. The first-order chi connectivity index (χ1) is 14.3. The molecule has 0 bridgehead atoms. The molecule has 0 amide bonds. The normalized spacial score (nSPS) is 28.9. The molecule has 2 fully saturated rings. The van der Waals surface area contributed by atoms with E-state index in [-0.39, 0.29) is 5.82 Å². The third-order valence-electron chi connectivity index (χ3n) is 6.84. The van der Waals surface area contributed by atoms with Crippen LogP contribution in [-0.4, -0.2) is 24.0 Å². The molecule has 1 aromatic heterocycles. The first-order valence-electron chi connectivity index (χ1n) is 10.9. The van der Waals surface area contributed by atoms with Crippen LogP contribution >= 0.6 is 0 Å². The summed E-state index contributed by atoms with van der Waals surface area (Å²) in [6.45, 7) is 1.54. The fourth-order valence-electron chi connectivity index (χ4n) is 5.49. The van der Waals surface area contributed by atoms with E-state index in [1.807, 2.05) is 24.4 Å². The predicted molar refractivity (Wildman–Crippen MR) is 114 cm³/mol. The van der Waals surface area contributed by atoms with Crippen LogP contribution < -0.4 is 0 Å². The van der Waals surface area contributed by atoms with E-state index in [9.17, 15) is 4.39 Å². The van der Waals surface area contributed by atoms with Gasteiger partial charge in [0.25, 0.3) is 0 Å². The molecule has 150 valence electrons. The largest absolute Gasteiger partial charge is 0.479 e. The maximum atomic E-state index is 13.5. The van der Waals surface area contributed by atoms with Gasteiger partial charge in [-0.3, -0.25) is 9.98 Å². The van der Waals surface area contributed by atoms with E-state index < -0.39 is 0 Å². The van der Waals surface area contributed by atoms with Gasteiger partial charge in [0.05, 0.1) is 12.2 Å². The van der Waals surface area contributed by atoms with Crippen LogP contribution in [0.2, 0.25) is 0 Å². The van der Waals surface area contributed by atoms with Crippen molar-refractivity contribution in [3.8, 4) is 11.1 Å². The number of rotatable bonds is 4. The van der Waals surface area contributed by atoms with E-state index in [4.69, 9.17) is 4.74 Å². The molecule has 2 aromatic rings. The lowest BCUT2D eigenvalue weighted by Crippen LogP contribution is -2.23. The van der Waals surface area contributed by atoms with Gasteiger partial charge in [0.1, 0.15) is 12.4 Å². The standard InChI is InChI=1S/C25H27FN2O/c26-20-6-3-5-17(14-20)19-8-9-21(28-16-19)10-11-23-22-7-2-1-4-18(22)15-24(23)25-27-12-13-29-25/h3,5-6,8-11,14,16,18,22-24H,1-2,4,7,12-13,15H2/t18-,22-,23+,24+/m1/s1. The van der Waals surface area contributed by atoms with Crippen molar-refractivity contribution >= 4 is 12.0 Å². The molecular weight excluding hydrogens is 363 g/mol. The molecule has 2 aliphatic carbocycles. The third kappa shape index (κ3) is 3.85. The Kier molecular flexibility index (Phi) is 5.17. The highest BCUT2D eigenvalue weighted by Crippen LogP contribution is 2.50. The summed E-state index contributed by atoms with van der Waals surface area (Å²) in [7, 11) is 0. The molecule has 1 aromatic carbocycles. The summed E-state index contributed by atoms with van der Waals surface area (Å²) in [6, 6.07) is 10.7. The molecule has 3 aliphatic rings. The van der Waals surface area contributed by atoms with E-state index >= 15 is 0 Å². The summed E-state index contributed by atoms with van der Waals surface area (Å²) in [5.41, 5.74) is 2.73. The van der Waals surface area contributed by atoms with Gasteiger partial charge in [-0.1, -0.05) is 43.5 Å². The second-order valence-electron chi connectivity index (χ2n) is 8.54. The number of benzene rings is 1. The topological polar surface area (TPSA) is 34.5 Å². The van der Waals surface area contributed by atoms with Gasteiger partial charge in [0, 0.05) is 17.7 Å². The minimum absolute atomic E-state index is 0.224. The first-order valence-corrected chi connectivity index (χ1v) is 10.9. The van der Waals surface area contributed by atoms with Crippen molar-refractivity contribution in [2.75, 3.05) is 13.2 Å². The van der Waals surface area contributed by atoms with E-state index in [0.29, 0.717) is 11.8 Å². The lowest BCUT2D eigenvalue weighted by Gasteiger charge is -2.28. The number of hydrogen-bond acceptors (Lipinski definition) is 3. The van der Waals surface area contributed by atoms with Crippen molar-refractivity contribution in [2.45, 2.75) is 32.1 Å². The Morgan fingerprint density at radius 3 is 2.79 bits per heavy atom. The van der Waals surface area contributed by atoms with Crippen LogP contribution in [0, 0.1) is 29.5 Å². The SMILES string of the molecule is Fc1cccc(-c2ccc(C=C[C@H]3[C@@H]4CCCC[C@@H]4C[C@@H]3C3=NCCO3)nc2)c1. The Hall–Kier alpha value is -2.49. The van der Waals surface area contributed by atoms with Crippen molar-refractivity contribution in [2.24, 2.45) is 28.7 Å². The zero-order chi connectivity index (χ0) is 19.6. The molecule has 1 aliphatic heterocycles. The van der Waals surface area contributed by atoms with Gasteiger partial charge in [0.15, 0.2) is 5.90 Å². The highest BCUT2D eigenvalue weighted by atomic mass is 19.1. The Balaban J connectivity index is 1.36. The minimum Gasteiger partial charge on any atom is -0.479 e. The van der Waals surface area contributed by atoms with Crippen molar-refractivity contribution in [3.05, 3.63) is 60.2 Å². The number of aromatic nitrogens is 1. The van der Waals surface area contributed by atoms with E-state index in [2.05, 4.69) is 22.1 Å². The lowest BCUT2D eigenvalue weighted by molar-refractivity contribution is 0.247. The average Bonchev–Trinajstić information content (AvgIpc) is 3.40. The second kappa shape index (κ2) is 8.10. The molecule has 0 spiro atoms. The highest BCUT2D eigenvalue weighted by Gasteiger charge is 2.45. The van der Waals surface area contributed by atoms with Crippen LogP contribution in [0.25, 0.3) is 17.2 Å². The van der Waals surface area contributed by atoms with Gasteiger partial charge in [-0.15, -0.1) is 0 Å². The summed E-state index contributed by atoms with van der Waals surface area (Å²) in [5.74, 6) is 3.22. The molecule has 0 N–H and O–H groups in total. The van der Waals surface area contributed by atoms with Gasteiger partial charge >= 0.3 is 0 Å². The summed E-state index contributed by atoms with van der Waals surface area (Å²) in [5, 5.41) is 0. The zero-order valence-electron chi connectivity index (χ0n) is 16.6. The summed E-state index contributed by atoms with van der Waals surface area (Å²) < 4.78 is 19.3. The third-order valence-corrected chi connectivity index (χ3v) is 6.84. The Morgan fingerprint density at radius 2 is 2.00 bits per heavy atom. The lowest BCUT2D eigenvalue weighted by atomic mass is 9.77. The Bertz CT molecular complexity index is 921. The van der Waals surface area contributed by atoms with Gasteiger partial charge in [-0.2, -0.15) is 0 Å². The number of allylic oxidation sites excluding steroid dienone is 1. The van der Waals surface area contributed by atoms with Crippen molar-refractivity contribution in [1.29, 1.82) is 0 Å². The van der Waals surface area contributed by atoms with Crippen LogP contribution in [-0.2, 0) is 4.74 Å². The quantitative estimate of drug-likeness (QED) is 0.664. The molecule has 3 nitrogen and oxygen atoms in total. The summed E-state index contributed by atoms with van der Waals surface area (Å²) in [6.07, 6.45) is 12.9. The number of halogens is 1. The summed E-state index contributed by atoms with van der Waals surface area (Å²) in [4.78, 5) is 9.25.